The second-order valence-corrected chi connectivity index (χ2v) is 32.7. The molecule has 0 aliphatic carbocycles. The quantitative estimate of drug-likeness (QED) is 0.137. The molecule has 0 radical (unpaired) electrons. The molecule has 0 saturated carbocycles. The number of aromatic nitrogens is 4. The van der Waals surface area contributed by atoms with Crippen molar-refractivity contribution in [3.05, 3.63) is 264 Å². The predicted octanol–water partition coefficient (Wildman–Crippen LogP) is 27.3. The van der Waals surface area contributed by atoms with Crippen LogP contribution in [0.1, 0.15) is 153 Å². The van der Waals surface area contributed by atoms with Crippen LogP contribution in [0.3, 0.4) is 0 Å². The Kier molecular flexibility index (Phi) is 12.4. The lowest BCUT2D eigenvalue weighted by atomic mass is 9.85. The monoisotopic (exact) mass is 1290 g/mol. The molecule has 20 rings (SSSR count). The maximum absolute atomic E-state index is 2.59. The molecule has 0 bridgehead atoms. The van der Waals surface area contributed by atoms with Crippen LogP contribution in [-0.2, 0) is 10.8 Å². The van der Waals surface area contributed by atoms with Crippen molar-refractivity contribution >= 4 is 163 Å². The maximum Gasteiger partial charge on any atom is 0.0622 e. The molecule has 486 valence electrons. The Morgan fingerprint density at radius 1 is 0.250 bits per heavy atom. The average molecular weight is 1290 g/mol. The molecule has 0 fully saturated rings. The first-order valence-electron chi connectivity index (χ1n) is 36.6. The summed E-state index contributed by atoms with van der Waals surface area (Å²) in [6.45, 7) is 28.1. The van der Waals surface area contributed by atoms with Gasteiger partial charge in [-0.1, -0.05) is 204 Å². The van der Waals surface area contributed by atoms with E-state index in [9.17, 15) is 0 Å². The van der Waals surface area contributed by atoms with Crippen LogP contribution < -0.4 is 0 Å². The van der Waals surface area contributed by atoms with E-state index in [0.717, 1.165) is 12.8 Å². The molecule has 6 heterocycles. The zero-order valence-corrected chi connectivity index (χ0v) is 59.5. The van der Waals surface area contributed by atoms with Crippen LogP contribution in [0, 0.1) is 0 Å². The van der Waals surface area contributed by atoms with E-state index in [1.807, 2.05) is 0 Å². The predicted molar refractivity (Wildman–Crippen MR) is 433 cm³/mol. The minimum atomic E-state index is 0.0140. The van der Waals surface area contributed by atoms with Gasteiger partial charge in [0.25, 0.3) is 0 Å². The Morgan fingerprint density at radius 3 is 0.880 bits per heavy atom. The van der Waals surface area contributed by atoms with Crippen molar-refractivity contribution in [2.75, 3.05) is 0 Å². The van der Waals surface area contributed by atoms with Gasteiger partial charge in [-0.05, 0) is 233 Å². The molecule has 0 aliphatic heterocycles. The third-order valence-electron chi connectivity index (χ3n) is 23.8. The molecule has 0 spiro atoms. The van der Waals surface area contributed by atoms with E-state index in [0.29, 0.717) is 23.7 Å². The molecule has 0 saturated heterocycles. The molecule has 0 aliphatic rings. The van der Waals surface area contributed by atoms with E-state index < -0.39 is 0 Å². The van der Waals surface area contributed by atoms with Crippen LogP contribution in [-0.4, -0.2) is 17.9 Å². The lowest BCUT2D eigenvalue weighted by Crippen LogP contribution is -2.10. The van der Waals surface area contributed by atoms with E-state index in [4.69, 9.17) is 0 Å². The Bertz CT molecular complexity index is 6770. The second kappa shape index (κ2) is 20.9. The fourth-order valence-electron chi connectivity index (χ4n) is 18.0. The van der Waals surface area contributed by atoms with Gasteiger partial charge < -0.3 is 17.9 Å². The summed E-state index contributed by atoms with van der Waals surface area (Å²) in [5.74, 6) is 1.65. The zero-order chi connectivity index (χ0) is 67.8. The van der Waals surface area contributed by atoms with Crippen molar-refractivity contribution in [3.8, 4) is 11.4 Å². The molecule has 4 heteroatoms. The number of fused-ring (bicyclic) bond motifs is 22. The molecule has 14 aromatic carbocycles. The highest BCUT2D eigenvalue weighted by Gasteiger charge is 2.27. The van der Waals surface area contributed by atoms with Gasteiger partial charge in [0, 0.05) is 76.0 Å². The molecule has 4 nitrogen and oxygen atoms in total. The second-order valence-electron chi connectivity index (χ2n) is 32.7. The number of rotatable bonds is 9. The summed E-state index contributed by atoms with van der Waals surface area (Å²) in [6, 6.07) is 90.9. The van der Waals surface area contributed by atoms with Crippen molar-refractivity contribution in [2.45, 2.75) is 130 Å². The fraction of sp³-hybridized carbons (Fsp3) is 0.208. The summed E-state index contributed by atoms with van der Waals surface area (Å²) in [6.07, 6.45) is 2.17. The summed E-state index contributed by atoms with van der Waals surface area (Å²) < 4.78 is 10.2. The van der Waals surface area contributed by atoms with Gasteiger partial charge in [0.2, 0.25) is 0 Å². The summed E-state index contributed by atoms with van der Waals surface area (Å²) >= 11 is 0. The molecule has 0 N–H and O–H groups in total. The summed E-state index contributed by atoms with van der Waals surface area (Å²) in [5, 5.41) is 25.9. The van der Waals surface area contributed by atoms with Gasteiger partial charge in [0.05, 0.1) is 55.2 Å². The highest BCUT2D eigenvalue weighted by atomic mass is 15.0. The normalized spacial score (nSPS) is 13.8. The van der Waals surface area contributed by atoms with Gasteiger partial charge >= 0.3 is 0 Å². The van der Waals surface area contributed by atoms with E-state index in [1.54, 1.807) is 0 Å². The maximum atomic E-state index is 2.59. The van der Waals surface area contributed by atoms with Gasteiger partial charge in [-0.25, -0.2) is 0 Å². The van der Waals surface area contributed by atoms with E-state index in [2.05, 4.69) is 332 Å². The van der Waals surface area contributed by atoms with Crippen LogP contribution in [0.15, 0.2) is 231 Å². The highest BCUT2D eigenvalue weighted by Crippen LogP contribution is 2.49. The Hall–Kier alpha value is -10.7. The molecule has 100 heavy (non-hydrogen) atoms. The number of para-hydroxylation sites is 2. The van der Waals surface area contributed by atoms with Gasteiger partial charge in [-0.2, -0.15) is 0 Å². The summed E-state index contributed by atoms with van der Waals surface area (Å²) in [7, 11) is 0. The van der Waals surface area contributed by atoms with E-state index in [1.165, 1.54) is 208 Å². The van der Waals surface area contributed by atoms with Crippen LogP contribution in [0.25, 0.3) is 174 Å². The Balaban J connectivity index is 0.681. The van der Waals surface area contributed by atoms with Gasteiger partial charge in [-0.15, -0.1) is 0 Å². The Labute approximate surface area is 582 Å². The number of nitrogens with zero attached hydrogens (tertiary/aromatic N) is 4. The third kappa shape index (κ3) is 8.65. The van der Waals surface area contributed by atoms with Crippen molar-refractivity contribution in [3.63, 3.8) is 0 Å². The van der Waals surface area contributed by atoms with Crippen LogP contribution in [0.2, 0.25) is 0 Å². The lowest BCUT2D eigenvalue weighted by Gasteiger charge is -2.19. The first kappa shape index (κ1) is 59.4. The highest BCUT2D eigenvalue weighted by molar-refractivity contribution is 6.29. The molecule has 20 aromatic rings. The average Bonchev–Trinajstić information content (AvgIpc) is 1.53. The van der Waals surface area contributed by atoms with Crippen LogP contribution in [0.5, 0.6) is 0 Å². The number of hydrogen-bond acceptors (Lipinski definition) is 0. The van der Waals surface area contributed by atoms with Crippen molar-refractivity contribution in [1.29, 1.82) is 0 Å². The van der Waals surface area contributed by atoms with Crippen molar-refractivity contribution in [1.82, 2.24) is 17.9 Å². The van der Waals surface area contributed by atoms with Gasteiger partial charge in [0.1, 0.15) is 0 Å². The van der Waals surface area contributed by atoms with Gasteiger partial charge in [0.15, 0.2) is 0 Å². The molecule has 6 aromatic heterocycles. The summed E-state index contributed by atoms with van der Waals surface area (Å²) in [5.41, 5.74) is 23.3. The first-order valence-corrected chi connectivity index (χ1v) is 36.6. The standard InChI is InChI=1S/C96H82N4/c1-53(2)57-23-27-61-43-89-75(39-65(61)35-57)81-49-71(97-85-19-15-13-17-73(85)74-18-14-16-20-86(74)97)50-82-77-41-67-37-59(25-29-63(67)45-91(77)99(89)93(81)82)55(5)21-22-56(6)60-26-30-64-46-92-78(42-68(64)38-60)84-52-72(51-83-76-40-66-36-58(54(3)4)24-28-62(66)44-90(76)100(92)94(83)84)98-87-33-31-69(95(7,8)9)47-79(87)80-48-70(96(10,11)12)32-34-88(80)98/h13-20,23-56H,21-22H2,1-12H3. The summed E-state index contributed by atoms with van der Waals surface area (Å²) in [4.78, 5) is 0. The molecular formula is C96H82N4. The van der Waals surface area contributed by atoms with E-state index >= 15 is 0 Å². The Morgan fingerprint density at radius 2 is 0.550 bits per heavy atom. The van der Waals surface area contributed by atoms with Crippen molar-refractivity contribution < 1.29 is 0 Å². The lowest BCUT2D eigenvalue weighted by molar-refractivity contribution is 0.574. The van der Waals surface area contributed by atoms with E-state index in [-0.39, 0.29) is 10.8 Å². The van der Waals surface area contributed by atoms with Crippen molar-refractivity contribution in [2.24, 2.45) is 0 Å². The minimum absolute atomic E-state index is 0.0140. The number of benzene rings is 14. The molecular weight excluding hydrogens is 1210 g/mol. The minimum Gasteiger partial charge on any atom is -0.309 e. The van der Waals surface area contributed by atoms with Crippen LogP contribution in [0.4, 0.5) is 0 Å². The molecule has 2 atom stereocenters. The molecule has 0 amide bonds. The SMILES string of the molecule is CC(C)c1ccc2cc3c(cc2c1)c1cc(-n2c4ccccc4c4ccccc42)cc2c4cc5cc(C(C)CCC(C)c6ccc7cc8c(cc7c6)c6cc(-n7c9ccc(C(C)(C)C)cc9c9cc(C(C)(C)C)ccc97)cc7c9cc%10cc(C(C)C)ccc%10cc9n8c76)ccc5cc4n3c12. The third-order valence-corrected chi connectivity index (χ3v) is 23.8. The smallest absolute Gasteiger partial charge is 0.0622 e. The van der Waals surface area contributed by atoms with Gasteiger partial charge in [-0.3, -0.25) is 0 Å². The largest absolute Gasteiger partial charge is 0.309 e. The topological polar surface area (TPSA) is 18.7 Å². The number of hydrogen-bond donors (Lipinski definition) is 0. The zero-order valence-electron chi connectivity index (χ0n) is 59.5. The fourth-order valence-corrected chi connectivity index (χ4v) is 18.0. The molecule has 2 unspecified atom stereocenters. The first-order chi connectivity index (χ1) is 48.3. The van der Waals surface area contributed by atoms with Crippen LogP contribution >= 0.6 is 0 Å².